The van der Waals surface area contributed by atoms with Gasteiger partial charge >= 0.3 is 10.1 Å². The van der Waals surface area contributed by atoms with Crippen molar-refractivity contribution >= 4 is 37.6 Å². The van der Waals surface area contributed by atoms with E-state index in [1.165, 1.54) is 36.4 Å². The van der Waals surface area contributed by atoms with Crippen LogP contribution in [0.3, 0.4) is 0 Å². The van der Waals surface area contributed by atoms with Gasteiger partial charge in [0.1, 0.15) is 4.90 Å². The van der Waals surface area contributed by atoms with Gasteiger partial charge < -0.3 is 14.2 Å². The standard InChI is InChI=1S/C18H17BrN2O5S/c1-3-17(22)21-13-5-7-14(8-6-13)27(23,24)26-18-15(19)9-12(11-20)10-16(18)25-4-2/h5-10H,3-4H2,1-2H3,(H,21,22). The van der Waals surface area contributed by atoms with Crippen molar-refractivity contribution in [2.24, 2.45) is 0 Å². The van der Waals surface area contributed by atoms with E-state index in [0.717, 1.165) is 0 Å². The van der Waals surface area contributed by atoms with E-state index in [2.05, 4.69) is 21.2 Å². The van der Waals surface area contributed by atoms with E-state index >= 15 is 0 Å². The highest BCUT2D eigenvalue weighted by molar-refractivity contribution is 9.10. The molecule has 0 spiro atoms. The number of benzene rings is 2. The number of ether oxygens (including phenoxy) is 1. The molecule has 0 radical (unpaired) electrons. The zero-order valence-electron chi connectivity index (χ0n) is 14.7. The second kappa shape index (κ2) is 8.88. The van der Waals surface area contributed by atoms with E-state index in [1.54, 1.807) is 13.8 Å². The van der Waals surface area contributed by atoms with Gasteiger partial charge in [0.25, 0.3) is 0 Å². The molecule has 0 fully saturated rings. The zero-order chi connectivity index (χ0) is 20.0. The quantitative estimate of drug-likeness (QED) is 0.639. The zero-order valence-corrected chi connectivity index (χ0v) is 17.1. The van der Waals surface area contributed by atoms with Crippen LogP contribution in [0.1, 0.15) is 25.8 Å². The second-order valence-electron chi connectivity index (χ2n) is 5.29. The third-order valence-corrected chi connectivity index (χ3v) is 5.20. The third kappa shape index (κ3) is 5.21. The minimum atomic E-state index is -4.15. The Hall–Kier alpha value is -2.57. The summed E-state index contributed by atoms with van der Waals surface area (Å²) < 4.78 is 36.1. The molecule has 0 unspecified atom stereocenters. The van der Waals surface area contributed by atoms with Crippen LogP contribution in [0.5, 0.6) is 11.5 Å². The Morgan fingerprint density at radius 1 is 1.22 bits per heavy atom. The van der Waals surface area contributed by atoms with Gasteiger partial charge in [-0.25, -0.2) is 0 Å². The number of nitrogens with zero attached hydrogens (tertiary/aromatic N) is 1. The molecule has 1 N–H and O–H groups in total. The molecule has 0 bridgehead atoms. The van der Waals surface area contributed by atoms with Crippen molar-refractivity contribution in [2.45, 2.75) is 25.2 Å². The Labute approximate surface area is 166 Å². The van der Waals surface area contributed by atoms with Gasteiger partial charge in [0.15, 0.2) is 11.5 Å². The maximum absolute atomic E-state index is 12.6. The molecule has 1 amide bonds. The first-order chi connectivity index (χ1) is 12.8. The van der Waals surface area contributed by atoms with E-state index < -0.39 is 10.1 Å². The Morgan fingerprint density at radius 3 is 2.44 bits per heavy atom. The summed E-state index contributed by atoms with van der Waals surface area (Å²) in [5.41, 5.74) is 0.779. The van der Waals surface area contributed by atoms with E-state index in [9.17, 15) is 13.2 Å². The summed E-state index contributed by atoms with van der Waals surface area (Å²) >= 11 is 3.21. The summed E-state index contributed by atoms with van der Waals surface area (Å²) in [6, 6.07) is 10.4. The van der Waals surface area contributed by atoms with Crippen molar-refractivity contribution < 1.29 is 22.1 Å². The van der Waals surface area contributed by atoms with Gasteiger partial charge in [-0.2, -0.15) is 13.7 Å². The molecule has 0 aliphatic heterocycles. The molecule has 7 nitrogen and oxygen atoms in total. The Balaban J connectivity index is 2.33. The molecule has 142 valence electrons. The van der Waals surface area contributed by atoms with Crippen molar-refractivity contribution in [3.8, 4) is 17.6 Å². The molecule has 27 heavy (non-hydrogen) atoms. The average molecular weight is 453 g/mol. The number of carbonyl (C=O) groups excluding carboxylic acids is 1. The molecule has 0 aromatic heterocycles. The number of amides is 1. The van der Waals surface area contributed by atoms with Crippen LogP contribution in [-0.2, 0) is 14.9 Å². The molecule has 0 saturated heterocycles. The van der Waals surface area contributed by atoms with Crippen LogP contribution in [0.15, 0.2) is 45.8 Å². The number of hydrogen-bond donors (Lipinski definition) is 1. The first-order valence-corrected chi connectivity index (χ1v) is 10.2. The second-order valence-corrected chi connectivity index (χ2v) is 7.69. The smallest absolute Gasteiger partial charge is 0.339 e. The van der Waals surface area contributed by atoms with Crippen LogP contribution in [0.2, 0.25) is 0 Å². The number of hydrogen-bond acceptors (Lipinski definition) is 6. The van der Waals surface area contributed by atoms with Gasteiger partial charge in [-0.1, -0.05) is 6.92 Å². The normalized spacial score (nSPS) is 10.7. The molecule has 2 aromatic rings. The maximum Gasteiger partial charge on any atom is 0.339 e. The summed E-state index contributed by atoms with van der Waals surface area (Å²) in [6.07, 6.45) is 0.316. The van der Waals surface area contributed by atoms with Gasteiger partial charge in [-0.3, -0.25) is 4.79 Å². The monoisotopic (exact) mass is 452 g/mol. The minimum Gasteiger partial charge on any atom is -0.490 e. The topological polar surface area (TPSA) is 105 Å². The van der Waals surface area contributed by atoms with Crippen LogP contribution in [0, 0.1) is 11.3 Å². The van der Waals surface area contributed by atoms with Crippen molar-refractivity contribution in [1.29, 1.82) is 5.26 Å². The molecular formula is C18H17BrN2O5S. The molecule has 0 saturated carbocycles. The van der Waals surface area contributed by atoms with Crippen LogP contribution >= 0.6 is 15.9 Å². The number of carbonyl (C=O) groups is 1. The van der Waals surface area contributed by atoms with E-state index in [0.29, 0.717) is 17.7 Å². The SMILES string of the molecule is CCOc1cc(C#N)cc(Br)c1OS(=O)(=O)c1ccc(NC(=O)CC)cc1. The molecule has 0 heterocycles. The van der Waals surface area contributed by atoms with Gasteiger partial charge in [-0.05, 0) is 53.2 Å². The maximum atomic E-state index is 12.6. The Kier molecular flexibility index (Phi) is 6.82. The summed E-state index contributed by atoms with van der Waals surface area (Å²) in [5, 5.41) is 11.7. The number of rotatable bonds is 7. The fourth-order valence-corrected chi connectivity index (χ4v) is 3.68. The lowest BCUT2D eigenvalue weighted by molar-refractivity contribution is -0.115. The summed E-state index contributed by atoms with van der Waals surface area (Å²) in [4.78, 5) is 11.3. The lowest BCUT2D eigenvalue weighted by Gasteiger charge is -2.14. The molecule has 0 aliphatic carbocycles. The van der Waals surface area contributed by atoms with Crippen LogP contribution in [0.25, 0.3) is 0 Å². The summed E-state index contributed by atoms with van der Waals surface area (Å²) in [5.74, 6) is -0.0808. The summed E-state index contributed by atoms with van der Waals surface area (Å²) in [7, 11) is -4.15. The Morgan fingerprint density at radius 2 is 1.89 bits per heavy atom. The highest BCUT2D eigenvalue weighted by Crippen LogP contribution is 2.38. The molecule has 0 atom stereocenters. The molecule has 0 aliphatic rings. The van der Waals surface area contributed by atoms with Crippen molar-refractivity contribution in [3.63, 3.8) is 0 Å². The number of anilines is 1. The molecule has 2 aromatic carbocycles. The fraction of sp³-hybridized carbons (Fsp3) is 0.222. The van der Waals surface area contributed by atoms with E-state index in [1.807, 2.05) is 6.07 Å². The van der Waals surface area contributed by atoms with Gasteiger partial charge in [0.2, 0.25) is 5.91 Å². The van der Waals surface area contributed by atoms with Crippen LogP contribution in [-0.4, -0.2) is 20.9 Å². The van der Waals surface area contributed by atoms with Gasteiger partial charge in [0.05, 0.1) is 22.7 Å². The van der Waals surface area contributed by atoms with E-state index in [4.69, 9.17) is 14.2 Å². The fourth-order valence-electron chi connectivity index (χ4n) is 2.09. The lowest BCUT2D eigenvalue weighted by Crippen LogP contribution is -2.12. The molecule has 9 heteroatoms. The molecular weight excluding hydrogens is 436 g/mol. The predicted molar refractivity (Wildman–Crippen MR) is 103 cm³/mol. The highest BCUT2D eigenvalue weighted by Gasteiger charge is 2.22. The highest BCUT2D eigenvalue weighted by atomic mass is 79.9. The Bertz CT molecular complexity index is 982. The average Bonchev–Trinajstić information content (AvgIpc) is 2.64. The van der Waals surface area contributed by atoms with Crippen LogP contribution < -0.4 is 14.2 Å². The predicted octanol–water partition coefficient (Wildman–Crippen LogP) is 3.84. The first kappa shape index (κ1) is 20.7. The third-order valence-electron chi connectivity index (χ3n) is 3.38. The number of halogens is 1. The van der Waals surface area contributed by atoms with Gasteiger partial charge in [-0.15, -0.1) is 0 Å². The van der Waals surface area contributed by atoms with Crippen molar-refractivity contribution in [1.82, 2.24) is 0 Å². The minimum absolute atomic E-state index is 0.0424. The number of nitrogens with one attached hydrogen (secondary N) is 1. The van der Waals surface area contributed by atoms with Crippen LogP contribution in [0.4, 0.5) is 5.69 Å². The van der Waals surface area contributed by atoms with Crippen molar-refractivity contribution in [3.05, 3.63) is 46.4 Å². The van der Waals surface area contributed by atoms with E-state index in [-0.39, 0.29) is 33.4 Å². The number of nitriles is 1. The summed E-state index contributed by atoms with van der Waals surface area (Å²) in [6.45, 7) is 3.71. The first-order valence-electron chi connectivity index (χ1n) is 8.01. The lowest BCUT2D eigenvalue weighted by atomic mass is 10.2. The van der Waals surface area contributed by atoms with Crippen molar-refractivity contribution in [2.75, 3.05) is 11.9 Å². The molecule has 2 rings (SSSR count). The van der Waals surface area contributed by atoms with Gasteiger partial charge in [0, 0.05) is 18.2 Å². The largest absolute Gasteiger partial charge is 0.490 e.